The molecule has 0 aromatic rings. The van der Waals surface area contributed by atoms with Gasteiger partial charge in [-0.25, -0.2) is 0 Å². The summed E-state index contributed by atoms with van der Waals surface area (Å²) in [5, 5.41) is 0. The first-order valence-corrected chi connectivity index (χ1v) is 10.7. The Balaban J connectivity index is 2.78. The van der Waals surface area contributed by atoms with Crippen molar-refractivity contribution in [2.45, 2.75) is 38.5 Å². The largest absolute Gasteiger partial charge is 0.0976 e. The molecule has 0 N–H and O–H groups in total. The van der Waals surface area contributed by atoms with Gasteiger partial charge in [0.2, 0.25) is 0 Å². The molecule has 0 aromatic heterocycles. The van der Waals surface area contributed by atoms with Gasteiger partial charge in [0.05, 0.1) is 0 Å². The van der Waals surface area contributed by atoms with Gasteiger partial charge in [0, 0.05) is 11.5 Å². The lowest BCUT2D eigenvalue weighted by Crippen LogP contribution is -1.82. The zero-order chi connectivity index (χ0) is 10.5. The molecule has 0 bridgehead atoms. The summed E-state index contributed by atoms with van der Waals surface area (Å²) >= 11 is 0. The van der Waals surface area contributed by atoms with Crippen LogP contribution in [0.3, 0.4) is 0 Å². The summed E-state index contributed by atoms with van der Waals surface area (Å²) in [4.78, 5) is 0. The molecule has 0 saturated carbocycles. The lowest BCUT2D eigenvalue weighted by molar-refractivity contribution is 0.630. The minimum Gasteiger partial charge on any atom is -0.0976 e. The Morgan fingerprint density at radius 2 is 0.929 bits per heavy atom. The maximum atomic E-state index is 2.16. The van der Waals surface area contributed by atoms with E-state index in [4.69, 9.17) is 0 Å². The molecule has 0 nitrogen and oxygen atoms in total. The van der Waals surface area contributed by atoms with Crippen LogP contribution in [0.2, 0.25) is 0 Å². The Kier molecular flexibility index (Phi) is 15.8. The molecule has 0 amide bonds. The predicted molar refractivity (Wildman–Crippen MR) is 79.6 cm³/mol. The van der Waals surface area contributed by atoms with Crippen LogP contribution in [0.15, 0.2) is 0 Å². The predicted octanol–water partition coefficient (Wildman–Crippen LogP) is 5.35. The fraction of sp³-hybridized carbons (Fsp3) is 1.00. The van der Waals surface area contributed by atoms with Gasteiger partial charge >= 0.3 is 0 Å². The van der Waals surface area contributed by atoms with Crippen molar-refractivity contribution in [2.75, 3.05) is 24.0 Å². The maximum Gasteiger partial charge on any atom is 0.00368 e. The molecule has 0 aliphatic carbocycles. The second-order valence-corrected chi connectivity index (χ2v) is 8.47. The summed E-state index contributed by atoms with van der Waals surface area (Å²) in [6, 6.07) is 0. The van der Waals surface area contributed by atoms with Gasteiger partial charge in [-0.2, -0.15) is 0 Å². The number of rotatable bonds is 11. The summed E-state index contributed by atoms with van der Waals surface area (Å²) in [6.07, 6.45) is 12.9. The number of unbranched alkanes of at least 4 members (excludes halogenated alkanes) is 5. The highest BCUT2D eigenvalue weighted by Gasteiger charge is 1.92. The van der Waals surface area contributed by atoms with Crippen LogP contribution < -0.4 is 0 Å². The molecular formula is C10H22S4. The molecule has 0 heterocycles. The third kappa shape index (κ3) is 13.4. The van der Waals surface area contributed by atoms with Crippen LogP contribution in [0.5, 0.6) is 0 Å². The third-order valence-electron chi connectivity index (χ3n) is 1.94. The van der Waals surface area contributed by atoms with Crippen LogP contribution in [0.1, 0.15) is 38.5 Å². The van der Waals surface area contributed by atoms with Gasteiger partial charge in [-0.05, 0) is 25.4 Å². The summed E-state index contributed by atoms with van der Waals surface area (Å²) in [5.41, 5.74) is 0. The van der Waals surface area contributed by atoms with Gasteiger partial charge in [0.25, 0.3) is 0 Å². The number of hydrogen-bond donors (Lipinski definition) is 0. The molecule has 0 fully saturated rings. The molecule has 0 unspecified atom stereocenters. The van der Waals surface area contributed by atoms with Gasteiger partial charge in [0.15, 0.2) is 0 Å². The second-order valence-electron chi connectivity index (χ2n) is 3.10. The summed E-state index contributed by atoms with van der Waals surface area (Å²) in [6.45, 7) is 0. The van der Waals surface area contributed by atoms with Crippen molar-refractivity contribution < 1.29 is 0 Å². The molecular weight excluding hydrogens is 248 g/mol. The van der Waals surface area contributed by atoms with Crippen LogP contribution in [-0.4, -0.2) is 24.0 Å². The molecule has 0 aliphatic heterocycles. The van der Waals surface area contributed by atoms with Gasteiger partial charge in [0.1, 0.15) is 0 Å². The quantitative estimate of drug-likeness (QED) is 0.366. The minimum absolute atomic E-state index is 1.34. The molecule has 0 saturated heterocycles. The van der Waals surface area contributed by atoms with E-state index >= 15 is 0 Å². The van der Waals surface area contributed by atoms with Crippen molar-refractivity contribution in [2.24, 2.45) is 0 Å². The Morgan fingerprint density at radius 3 is 1.29 bits per heavy atom. The van der Waals surface area contributed by atoms with Gasteiger partial charge in [-0.1, -0.05) is 68.9 Å². The van der Waals surface area contributed by atoms with Crippen molar-refractivity contribution >= 4 is 43.2 Å². The molecule has 0 rings (SSSR count). The van der Waals surface area contributed by atoms with E-state index < -0.39 is 0 Å². The highest BCUT2D eigenvalue weighted by Crippen LogP contribution is 2.20. The highest BCUT2D eigenvalue weighted by atomic mass is 33.1. The molecule has 0 spiro atoms. The molecule has 86 valence electrons. The lowest BCUT2D eigenvalue weighted by Gasteiger charge is -2.00. The Bertz CT molecular complexity index is 86.1. The Morgan fingerprint density at radius 1 is 0.571 bits per heavy atom. The summed E-state index contributed by atoms with van der Waals surface area (Å²) in [7, 11) is 7.77. The van der Waals surface area contributed by atoms with Crippen LogP contribution >= 0.6 is 43.2 Å². The highest BCUT2D eigenvalue weighted by molar-refractivity contribution is 8.76. The van der Waals surface area contributed by atoms with Crippen molar-refractivity contribution in [1.82, 2.24) is 0 Å². The average Bonchev–Trinajstić information content (AvgIpc) is 2.21. The molecule has 0 aliphatic rings. The van der Waals surface area contributed by atoms with E-state index in [-0.39, 0.29) is 0 Å². The van der Waals surface area contributed by atoms with Crippen molar-refractivity contribution in [3.8, 4) is 0 Å². The van der Waals surface area contributed by atoms with Gasteiger partial charge < -0.3 is 0 Å². The topological polar surface area (TPSA) is 0 Å². The van der Waals surface area contributed by atoms with E-state index in [9.17, 15) is 0 Å². The van der Waals surface area contributed by atoms with E-state index in [0.29, 0.717) is 0 Å². The van der Waals surface area contributed by atoms with Crippen molar-refractivity contribution in [3.63, 3.8) is 0 Å². The van der Waals surface area contributed by atoms with Gasteiger partial charge in [-0.15, -0.1) is 0 Å². The number of hydrogen-bond acceptors (Lipinski definition) is 4. The molecule has 14 heavy (non-hydrogen) atoms. The molecule has 4 heteroatoms. The minimum atomic E-state index is 1.34. The first-order valence-electron chi connectivity index (χ1n) is 5.23. The average molecular weight is 271 g/mol. The fourth-order valence-electron chi connectivity index (χ4n) is 1.20. The van der Waals surface area contributed by atoms with E-state index in [0.717, 1.165) is 0 Å². The Labute approximate surface area is 105 Å². The van der Waals surface area contributed by atoms with E-state index in [1.54, 1.807) is 0 Å². The lowest BCUT2D eigenvalue weighted by atomic mass is 10.1. The van der Waals surface area contributed by atoms with Crippen LogP contribution in [-0.2, 0) is 0 Å². The van der Waals surface area contributed by atoms with E-state index in [1.165, 1.54) is 50.0 Å². The van der Waals surface area contributed by atoms with E-state index in [2.05, 4.69) is 12.5 Å². The smallest absolute Gasteiger partial charge is 0.00368 e. The fourth-order valence-corrected chi connectivity index (χ4v) is 3.88. The van der Waals surface area contributed by atoms with Crippen LogP contribution in [0.4, 0.5) is 0 Å². The van der Waals surface area contributed by atoms with Crippen LogP contribution in [0.25, 0.3) is 0 Å². The van der Waals surface area contributed by atoms with Gasteiger partial charge in [-0.3, -0.25) is 0 Å². The molecule has 0 atom stereocenters. The normalized spacial score (nSPS) is 10.7. The molecule has 0 radical (unpaired) electrons. The van der Waals surface area contributed by atoms with Crippen molar-refractivity contribution in [3.05, 3.63) is 0 Å². The third-order valence-corrected chi connectivity index (χ3v) is 5.74. The zero-order valence-electron chi connectivity index (χ0n) is 9.29. The summed E-state index contributed by atoms with van der Waals surface area (Å²) < 4.78 is 0. The zero-order valence-corrected chi connectivity index (χ0v) is 12.6. The van der Waals surface area contributed by atoms with E-state index in [1.807, 2.05) is 43.2 Å². The SMILES string of the molecule is CSSCCCCCCCCSSC. The van der Waals surface area contributed by atoms with Crippen molar-refractivity contribution in [1.29, 1.82) is 0 Å². The Hall–Kier alpha value is 1.40. The summed E-state index contributed by atoms with van der Waals surface area (Å²) in [5.74, 6) is 2.67. The molecule has 0 aromatic carbocycles. The first kappa shape index (κ1) is 15.4. The second kappa shape index (κ2) is 14.4. The standard InChI is InChI=1S/C10H22S4/c1-11-13-9-7-5-3-4-6-8-10-14-12-2/h3-10H2,1-2H3. The first-order chi connectivity index (χ1) is 6.91. The van der Waals surface area contributed by atoms with Crippen LogP contribution in [0, 0.1) is 0 Å². The maximum absolute atomic E-state index is 2.16. The monoisotopic (exact) mass is 270 g/mol.